The topological polar surface area (TPSA) is 88.1 Å². The molecule has 1 heterocycles. The fourth-order valence-corrected chi connectivity index (χ4v) is 6.88. The molecule has 0 aromatic heterocycles. The molecular formula is C23H30O7. The molecule has 3 aliphatic carbocycles. The average molecular weight is 418 g/mol. The standard InChI is InChI=1S/C23H30O7/c1-21-12-6-7-14-13-30-23(29-4,18(14)21)19(25)22(20(26)28-3)15(8-5-9-16(21)22)10-11-17(24)27-2/h5-8,14-16,18H,9-13H2,1-4H3/t14?,15?,16?,18?,21-,22?,23-/m0/s1. The molecule has 0 bridgehead atoms. The van der Waals surface area contributed by atoms with Crippen molar-refractivity contribution in [1.29, 1.82) is 0 Å². The van der Waals surface area contributed by atoms with Crippen molar-refractivity contribution in [2.45, 2.75) is 38.4 Å². The predicted octanol–water partition coefficient (Wildman–Crippen LogP) is 2.45. The van der Waals surface area contributed by atoms with E-state index in [0.29, 0.717) is 19.4 Å². The van der Waals surface area contributed by atoms with Crippen LogP contribution in [0.5, 0.6) is 0 Å². The Hall–Kier alpha value is -1.99. The summed E-state index contributed by atoms with van der Waals surface area (Å²) in [4.78, 5) is 39.6. The normalized spacial score (nSPS) is 43.7. The lowest BCUT2D eigenvalue weighted by molar-refractivity contribution is -0.267. The smallest absolute Gasteiger partial charge is 0.320 e. The second-order valence-electron chi connectivity index (χ2n) is 9.09. The van der Waals surface area contributed by atoms with Crippen molar-refractivity contribution in [1.82, 2.24) is 0 Å². The maximum absolute atomic E-state index is 14.3. The summed E-state index contributed by atoms with van der Waals surface area (Å²) in [5, 5.41) is 0. The summed E-state index contributed by atoms with van der Waals surface area (Å²) in [5.74, 6) is -3.72. The van der Waals surface area contributed by atoms with Crippen LogP contribution in [0.25, 0.3) is 0 Å². The van der Waals surface area contributed by atoms with Gasteiger partial charge in [-0.3, -0.25) is 14.4 Å². The number of ether oxygens (including phenoxy) is 4. The number of allylic oxidation sites excluding steroid dienone is 3. The summed E-state index contributed by atoms with van der Waals surface area (Å²) < 4.78 is 22.0. The fraction of sp³-hybridized carbons (Fsp3) is 0.696. The second kappa shape index (κ2) is 7.31. The van der Waals surface area contributed by atoms with Gasteiger partial charge in [-0.25, -0.2) is 0 Å². The first-order valence-electron chi connectivity index (χ1n) is 10.6. The van der Waals surface area contributed by atoms with Crippen molar-refractivity contribution < 1.29 is 33.3 Å². The zero-order chi connectivity index (χ0) is 21.7. The SMILES string of the molecule is COC(=O)CCC1C=CCC2C1(C(=O)OC)C(=O)[C@@]1(OC)OCC3C=CC[C@]2(C)C31. The summed E-state index contributed by atoms with van der Waals surface area (Å²) in [6, 6.07) is 0. The van der Waals surface area contributed by atoms with Crippen molar-refractivity contribution in [3.8, 4) is 0 Å². The lowest BCUT2D eigenvalue weighted by atomic mass is 9.41. The summed E-state index contributed by atoms with van der Waals surface area (Å²) in [5.41, 5.74) is -1.87. The Bertz CT molecular complexity index is 816. The minimum absolute atomic E-state index is 0.0581. The summed E-state index contributed by atoms with van der Waals surface area (Å²) in [6.45, 7) is 2.52. The molecule has 5 unspecified atom stereocenters. The molecule has 0 spiro atoms. The Balaban J connectivity index is 1.91. The van der Waals surface area contributed by atoms with Crippen LogP contribution in [0.4, 0.5) is 0 Å². The van der Waals surface area contributed by atoms with Gasteiger partial charge in [0.2, 0.25) is 11.6 Å². The van der Waals surface area contributed by atoms with Gasteiger partial charge in [-0.1, -0.05) is 31.2 Å². The highest BCUT2D eigenvalue weighted by atomic mass is 16.7. The van der Waals surface area contributed by atoms with Crippen molar-refractivity contribution in [2.75, 3.05) is 27.9 Å². The first kappa shape index (κ1) is 21.2. The molecule has 1 aliphatic heterocycles. The monoisotopic (exact) mass is 418 g/mol. The Labute approximate surface area is 176 Å². The van der Waals surface area contributed by atoms with Crippen LogP contribution in [0, 0.1) is 34.5 Å². The number of Topliss-reactive ketones (excluding diaryl/α,β-unsaturated/α-hetero) is 1. The number of carbonyl (C=O) groups is 3. The number of hydrogen-bond acceptors (Lipinski definition) is 7. The van der Waals surface area contributed by atoms with Gasteiger partial charge in [-0.05, 0) is 30.6 Å². The minimum atomic E-state index is -1.50. The average Bonchev–Trinajstić information content (AvgIpc) is 3.17. The highest BCUT2D eigenvalue weighted by Gasteiger charge is 2.78. The van der Waals surface area contributed by atoms with Gasteiger partial charge in [-0.2, -0.15) is 0 Å². The Morgan fingerprint density at radius 1 is 1.17 bits per heavy atom. The lowest BCUT2D eigenvalue weighted by Crippen LogP contribution is -2.72. The molecule has 7 heteroatoms. The van der Waals surface area contributed by atoms with Gasteiger partial charge < -0.3 is 18.9 Å². The zero-order valence-corrected chi connectivity index (χ0v) is 18.0. The van der Waals surface area contributed by atoms with E-state index >= 15 is 0 Å². The van der Waals surface area contributed by atoms with Crippen molar-refractivity contribution in [3.05, 3.63) is 24.3 Å². The minimum Gasteiger partial charge on any atom is -0.469 e. The molecular weight excluding hydrogens is 388 g/mol. The third-order valence-corrected chi connectivity index (χ3v) is 8.06. The molecule has 7 nitrogen and oxygen atoms in total. The number of esters is 2. The Morgan fingerprint density at radius 2 is 1.93 bits per heavy atom. The molecule has 0 radical (unpaired) electrons. The van der Waals surface area contributed by atoms with Gasteiger partial charge in [0.15, 0.2) is 0 Å². The van der Waals surface area contributed by atoms with E-state index in [2.05, 4.69) is 19.1 Å². The van der Waals surface area contributed by atoms with E-state index in [1.54, 1.807) is 0 Å². The number of hydrogen-bond donors (Lipinski definition) is 0. The predicted molar refractivity (Wildman–Crippen MR) is 106 cm³/mol. The van der Waals surface area contributed by atoms with Crippen LogP contribution in [0.1, 0.15) is 32.6 Å². The van der Waals surface area contributed by atoms with Crippen molar-refractivity contribution in [2.24, 2.45) is 34.5 Å². The number of carbonyl (C=O) groups excluding carboxylic acids is 3. The molecule has 0 aromatic carbocycles. The van der Waals surface area contributed by atoms with Crippen molar-refractivity contribution >= 4 is 17.7 Å². The molecule has 1 saturated heterocycles. The summed E-state index contributed by atoms with van der Waals surface area (Å²) >= 11 is 0. The molecule has 0 aromatic rings. The molecule has 1 saturated carbocycles. The number of fused-ring (bicyclic) bond motifs is 2. The largest absolute Gasteiger partial charge is 0.469 e. The van der Waals surface area contributed by atoms with Crippen LogP contribution in [-0.4, -0.2) is 51.4 Å². The first-order valence-corrected chi connectivity index (χ1v) is 10.6. The summed E-state index contributed by atoms with van der Waals surface area (Å²) in [6.07, 6.45) is 9.88. The molecule has 0 N–H and O–H groups in total. The molecule has 2 fully saturated rings. The molecule has 30 heavy (non-hydrogen) atoms. The Morgan fingerprint density at radius 3 is 2.60 bits per heavy atom. The third kappa shape index (κ3) is 2.48. The number of rotatable bonds is 5. The Kier molecular flexibility index (Phi) is 5.18. The van der Waals surface area contributed by atoms with Gasteiger partial charge in [0.25, 0.3) is 0 Å². The highest BCUT2D eigenvalue weighted by Crippen LogP contribution is 2.68. The number of methoxy groups -OCH3 is 3. The summed E-state index contributed by atoms with van der Waals surface area (Å²) in [7, 11) is 4.12. The molecule has 4 rings (SSSR count). The second-order valence-corrected chi connectivity index (χ2v) is 9.09. The molecule has 164 valence electrons. The van der Waals surface area contributed by atoms with E-state index < -0.39 is 28.5 Å². The van der Waals surface area contributed by atoms with Crippen LogP contribution in [-0.2, 0) is 33.3 Å². The van der Waals surface area contributed by atoms with Crippen LogP contribution >= 0.6 is 0 Å². The van der Waals surface area contributed by atoms with E-state index in [1.165, 1.54) is 21.3 Å². The maximum Gasteiger partial charge on any atom is 0.320 e. The van der Waals surface area contributed by atoms with Gasteiger partial charge in [0, 0.05) is 31.3 Å². The van der Waals surface area contributed by atoms with Gasteiger partial charge in [-0.15, -0.1) is 0 Å². The maximum atomic E-state index is 14.3. The van der Waals surface area contributed by atoms with E-state index in [9.17, 15) is 14.4 Å². The van der Waals surface area contributed by atoms with E-state index in [1.807, 2.05) is 12.2 Å². The van der Waals surface area contributed by atoms with Crippen LogP contribution in [0.3, 0.4) is 0 Å². The molecule has 7 atom stereocenters. The van der Waals surface area contributed by atoms with Gasteiger partial charge in [0.1, 0.15) is 5.41 Å². The van der Waals surface area contributed by atoms with Crippen LogP contribution in [0.2, 0.25) is 0 Å². The van der Waals surface area contributed by atoms with E-state index in [0.717, 1.165) is 6.42 Å². The molecule has 0 amide bonds. The van der Waals surface area contributed by atoms with Crippen LogP contribution in [0.15, 0.2) is 24.3 Å². The van der Waals surface area contributed by atoms with E-state index in [4.69, 9.17) is 18.9 Å². The van der Waals surface area contributed by atoms with Crippen LogP contribution < -0.4 is 0 Å². The zero-order valence-electron chi connectivity index (χ0n) is 18.0. The van der Waals surface area contributed by atoms with Gasteiger partial charge >= 0.3 is 11.9 Å². The fourth-order valence-electron chi connectivity index (χ4n) is 6.88. The lowest BCUT2D eigenvalue weighted by Gasteiger charge is -2.62. The van der Waals surface area contributed by atoms with Crippen molar-refractivity contribution in [3.63, 3.8) is 0 Å². The van der Waals surface area contributed by atoms with E-state index in [-0.39, 0.29) is 35.9 Å². The third-order valence-electron chi connectivity index (χ3n) is 8.06. The first-order chi connectivity index (χ1) is 14.3. The molecule has 4 aliphatic rings. The quantitative estimate of drug-likeness (QED) is 0.385. The number of ketones is 1. The highest BCUT2D eigenvalue weighted by molar-refractivity contribution is 6.09. The van der Waals surface area contributed by atoms with Gasteiger partial charge in [0.05, 0.1) is 20.8 Å².